The molecule has 1 amide bonds. The summed E-state index contributed by atoms with van der Waals surface area (Å²) in [7, 11) is 0. The fourth-order valence-corrected chi connectivity index (χ4v) is 2.49. The summed E-state index contributed by atoms with van der Waals surface area (Å²) < 4.78 is 7.00. The highest BCUT2D eigenvalue weighted by Crippen LogP contribution is 2.20. The van der Waals surface area contributed by atoms with E-state index in [1.54, 1.807) is 6.92 Å². The van der Waals surface area contributed by atoms with Crippen LogP contribution in [0.5, 0.6) is 5.75 Å². The molecule has 1 heterocycles. The van der Waals surface area contributed by atoms with Crippen molar-refractivity contribution in [3.05, 3.63) is 70.9 Å². The predicted molar refractivity (Wildman–Crippen MR) is 95.7 cm³/mol. The molecule has 0 unspecified atom stereocenters. The summed E-state index contributed by atoms with van der Waals surface area (Å²) in [6.45, 7) is 2.35. The van der Waals surface area contributed by atoms with Crippen LogP contribution in [0, 0.1) is 6.92 Å². The van der Waals surface area contributed by atoms with Gasteiger partial charge in [0.1, 0.15) is 5.75 Å². The van der Waals surface area contributed by atoms with Gasteiger partial charge in [-0.1, -0.05) is 30.3 Å². The zero-order chi connectivity index (χ0) is 17.6. The first kappa shape index (κ1) is 16.7. The second-order valence-electron chi connectivity index (χ2n) is 5.72. The highest BCUT2D eigenvalue weighted by atomic mass is 16.5. The fourth-order valence-electron chi connectivity index (χ4n) is 2.49. The van der Waals surface area contributed by atoms with E-state index in [0.717, 1.165) is 10.8 Å². The van der Waals surface area contributed by atoms with Crippen LogP contribution in [0.3, 0.4) is 0 Å². The Morgan fingerprint density at radius 3 is 2.84 bits per heavy atom. The normalized spacial score (nSPS) is 10.6. The Labute approximate surface area is 145 Å². The maximum atomic E-state index is 11.9. The molecule has 0 bridgehead atoms. The Bertz CT molecular complexity index is 950. The number of nitrogens with zero attached hydrogens (tertiary/aromatic N) is 2. The van der Waals surface area contributed by atoms with E-state index in [1.165, 1.54) is 17.1 Å². The number of fused-ring (bicyclic) bond motifs is 1. The summed E-state index contributed by atoms with van der Waals surface area (Å²) in [6.07, 6.45) is 2.99. The Hall–Kier alpha value is -3.15. The lowest BCUT2D eigenvalue weighted by atomic mass is 10.1. The average Bonchev–Trinajstić information content (AvgIpc) is 2.63. The van der Waals surface area contributed by atoms with E-state index in [4.69, 9.17) is 4.74 Å². The molecule has 0 spiro atoms. The van der Waals surface area contributed by atoms with E-state index in [2.05, 4.69) is 10.3 Å². The molecule has 0 aliphatic carbocycles. The van der Waals surface area contributed by atoms with Crippen molar-refractivity contribution in [2.45, 2.75) is 13.5 Å². The first-order valence-electron chi connectivity index (χ1n) is 8.03. The SMILES string of the molecule is Cc1cncn(CCNC(=O)COc2ccc3ccccc3c2)c1=O. The third-order valence-electron chi connectivity index (χ3n) is 3.84. The molecule has 6 heteroatoms. The van der Waals surface area contributed by atoms with E-state index in [1.807, 2.05) is 42.5 Å². The second-order valence-corrected chi connectivity index (χ2v) is 5.72. The van der Waals surface area contributed by atoms with E-state index < -0.39 is 0 Å². The molecule has 0 radical (unpaired) electrons. The predicted octanol–water partition coefficient (Wildman–Crippen LogP) is 1.90. The summed E-state index contributed by atoms with van der Waals surface area (Å²) in [6, 6.07) is 13.7. The van der Waals surface area contributed by atoms with E-state index in [0.29, 0.717) is 24.4 Å². The summed E-state index contributed by atoms with van der Waals surface area (Å²) in [5.41, 5.74) is 0.477. The Morgan fingerprint density at radius 2 is 2.00 bits per heavy atom. The minimum atomic E-state index is -0.234. The lowest BCUT2D eigenvalue weighted by Crippen LogP contribution is -2.34. The van der Waals surface area contributed by atoms with Crippen molar-refractivity contribution in [1.29, 1.82) is 0 Å². The van der Waals surface area contributed by atoms with Crippen molar-refractivity contribution in [3.8, 4) is 5.75 Å². The molecule has 128 valence electrons. The number of nitrogens with one attached hydrogen (secondary N) is 1. The number of carbonyl (C=O) groups is 1. The molecular formula is C19H19N3O3. The van der Waals surface area contributed by atoms with Gasteiger partial charge in [-0.3, -0.25) is 14.2 Å². The first-order chi connectivity index (χ1) is 12.1. The minimum absolute atomic E-state index is 0.0701. The molecule has 0 aliphatic rings. The lowest BCUT2D eigenvalue weighted by Gasteiger charge is -2.09. The molecule has 0 aliphatic heterocycles. The first-order valence-corrected chi connectivity index (χ1v) is 8.03. The van der Waals surface area contributed by atoms with Gasteiger partial charge in [0.2, 0.25) is 0 Å². The molecule has 1 N–H and O–H groups in total. The molecule has 6 nitrogen and oxygen atoms in total. The number of ether oxygens (including phenoxy) is 1. The van der Waals surface area contributed by atoms with Gasteiger partial charge < -0.3 is 10.1 Å². The van der Waals surface area contributed by atoms with Gasteiger partial charge in [-0.25, -0.2) is 4.98 Å². The Morgan fingerprint density at radius 1 is 1.20 bits per heavy atom. The molecule has 3 aromatic rings. The number of amides is 1. The molecule has 0 fully saturated rings. The van der Waals surface area contributed by atoms with Gasteiger partial charge in [0.05, 0.1) is 6.33 Å². The number of benzene rings is 2. The number of carbonyl (C=O) groups excluding carboxylic acids is 1. The van der Waals surface area contributed by atoms with Gasteiger partial charge in [-0.15, -0.1) is 0 Å². The number of hydrogen-bond acceptors (Lipinski definition) is 4. The van der Waals surface area contributed by atoms with E-state index in [9.17, 15) is 9.59 Å². The lowest BCUT2D eigenvalue weighted by molar-refractivity contribution is -0.123. The second kappa shape index (κ2) is 7.61. The average molecular weight is 337 g/mol. The van der Waals surface area contributed by atoms with Crippen LogP contribution in [-0.4, -0.2) is 28.6 Å². The van der Waals surface area contributed by atoms with Gasteiger partial charge in [0.25, 0.3) is 11.5 Å². The minimum Gasteiger partial charge on any atom is -0.484 e. The zero-order valence-electron chi connectivity index (χ0n) is 13.9. The van der Waals surface area contributed by atoms with Crippen molar-refractivity contribution in [1.82, 2.24) is 14.9 Å². The van der Waals surface area contributed by atoms with Crippen LogP contribution in [0.25, 0.3) is 10.8 Å². The standard InChI is InChI=1S/C19H19N3O3/c1-14-11-20-13-22(19(14)24)9-8-21-18(23)12-25-17-7-6-15-4-2-3-5-16(15)10-17/h2-7,10-11,13H,8-9,12H2,1H3,(H,21,23). The third kappa shape index (κ3) is 4.23. The van der Waals surface area contributed by atoms with E-state index in [-0.39, 0.29) is 18.1 Å². The molecule has 3 rings (SSSR count). The van der Waals surface area contributed by atoms with Crippen molar-refractivity contribution in [2.24, 2.45) is 0 Å². The maximum Gasteiger partial charge on any atom is 0.258 e. The van der Waals surface area contributed by atoms with Crippen LogP contribution in [-0.2, 0) is 11.3 Å². The van der Waals surface area contributed by atoms with Crippen LogP contribution in [0.15, 0.2) is 59.8 Å². The van der Waals surface area contributed by atoms with Crippen molar-refractivity contribution < 1.29 is 9.53 Å². The highest BCUT2D eigenvalue weighted by Gasteiger charge is 2.04. The van der Waals surface area contributed by atoms with Crippen LogP contribution < -0.4 is 15.6 Å². The van der Waals surface area contributed by atoms with Crippen molar-refractivity contribution in [2.75, 3.05) is 13.2 Å². The number of rotatable bonds is 6. The smallest absolute Gasteiger partial charge is 0.258 e. The summed E-state index contributed by atoms with van der Waals surface area (Å²) >= 11 is 0. The van der Waals surface area contributed by atoms with Crippen LogP contribution in [0.2, 0.25) is 0 Å². The monoisotopic (exact) mass is 337 g/mol. The molecule has 0 saturated heterocycles. The van der Waals surface area contributed by atoms with Gasteiger partial charge in [-0.2, -0.15) is 0 Å². The molecular weight excluding hydrogens is 318 g/mol. The Kier molecular flexibility index (Phi) is 5.09. The molecule has 0 saturated carbocycles. The summed E-state index contributed by atoms with van der Waals surface area (Å²) in [5.74, 6) is 0.412. The van der Waals surface area contributed by atoms with Crippen molar-refractivity contribution >= 4 is 16.7 Å². The van der Waals surface area contributed by atoms with Gasteiger partial charge in [-0.05, 0) is 29.8 Å². The summed E-state index contributed by atoms with van der Waals surface area (Å²) in [5, 5.41) is 4.92. The number of hydrogen-bond donors (Lipinski definition) is 1. The van der Waals surface area contributed by atoms with Crippen LogP contribution in [0.4, 0.5) is 0 Å². The number of aryl methyl sites for hydroxylation is 1. The molecule has 25 heavy (non-hydrogen) atoms. The molecule has 2 aromatic carbocycles. The third-order valence-corrected chi connectivity index (χ3v) is 3.84. The van der Waals surface area contributed by atoms with Crippen LogP contribution >= 0.6 is 0 Å². The topological polar surface area (TPSA) is 73.2 Å². The maximum absolute atomic E-state index is 11.9. The van der Waals surface area contributed by atoms with Gasteiger partial charge >= 0.3 is 0 Å². The quantitative estimate of drug-likeness (QED) is 0.746. The van der Waals surface area contributed by atoms with Crippen LogP contribution in [0.1, 0.15) is 5.56 Å². The fraction of sp³-hybridized carbons (Fsp3) is 0.211. The highest BCUT2D eigenvalue weighted by molar-refractivity contribution is 5.84. The van der Waals surface area contributed by atoms with Crippen molar-refractivity contribution in [3.63, 3.8) is 0 Å². The Balaban J connectivity index is 1.49. The zero-order valence-corrected chi connectivity index (χ0v) is 13.9. The number of aromatic nitrogens is 2. The molecule has 1 aromatic heterocycles. The largest absolute Gasteiger partial charge is 0.484 e. The van der Waals surface area contributed by atoms with Gasteiger partial charge in [0.15, 0.2) is 6.61 Å². The van der Waals surface area contributed by atoms with E-state index >= 15 is 0 Å². The summed E-state index contributed by atoms with van der Waals surface area (Å²) in [4.78, 5) is 27.7. The molecule has 0 atom stereocenters. The van der Waals surface area contributed by atoms with Gasteiger partial charge in [0, 0.05) is 24.8 Å².